The zero-order valence-corrected chi connectivity index (χ0v) is 12.7. The van der Waals surface area contributed by atoms with Crippen LogP contribution in [-0.4, -0.2) is 21.3 Å². The van der Waals surface area contributed by atoms with Crippen LogP contribution in [0.4, 0.5) is 0 Å². The lowest BCUT2D eigenvalue weighted by Crippen LogP contribution is -2.15. The molecule has 20 heavy (non-hydrogen) atoms. The van der Waals surface area contributed by atoms with Crippen LogP contribution in [0.5, 0.6) is 0 Å². The predicted octanol–water partition coefficient (Wildman–Crippen LogP) is 3.03. The molecule has 108 valence electrons. The second kappa shape index (κ2) is 7.20. The fourth-order valence-electron chi connectivity index (χ4n) is 2.19. The number of nitrogens with zero attached hydrogens (tertiary/aromatic N) is 3. The van der Waals surface area contributed by atoms with Crippen molar-refractivity contribution in [3.8, 4) is 5.82 Å². The zero-order chi connectivity index (χ0) is 14.4. The van der Waals surface area contributed by atoms with Gasteiger partial charge in [-0.2, -0.15) is 5.10 Å². The number of pyridine rings is 1. The van der Waals surface area contributed by atoms with E-state index in [1.54, 1.807) is 0 Å². The summed E-state index contributed by atoms with van der Waals surface area (Å²) in [6, 6.07) is 6.32. The lowest BCUT2D eigenvalue weighted by Gasteiger charge is -2.09. The maximum absolute atomic E-state index is 4.71. The van der Waals surface area contributed by atoms with E-state index in [1.807, 2.05) is 23.9 Å². The maximum atomic E-state index is 4.71. The lowest BCUT2D eigenvalue weighted by molar-refractivity contribution is 0.671. The van der Waals surface area contributed by atoms with Gasteiger partial charge in [0.15, 0.2) is 5.82 Å². The van der Waals surface area contributed by atoms with Crippen LogP contribution < -0.4 is 5.32 Å². The van der Waals surface area contributed by atoms with E-state index < -0.39 is 0 Å². The van der Waals surface area contributed by atoms with Crippen molar-refractivity contribution >= 4 is 0 Å². The number of nitrogens with one attached hydrogen (secondary N) is 1. The van der Waals surface area contributed by atoms with Gasteiger partial charge in [0.25, 0.3) is 0 Å². The smallest absolute Gasteiger partial charge is 0.153 e. The Hall–Kier alpha value is -1.68. The van der Waals surface area contributed by atoms with Crippen LogP contribution >= 0.6 is 0 Å². The Morgan fingerprint density at radius 1 is 1.20 bits per heavy atom. The van der Waals surface area contributed by atoms with E-state index in [1.165, 1.54) is 5.56 Å². The third kappa shape index (κ3) is 3.90. The molecule has 0 bridgehead atoms. The Morgan fingerprint density at radius 2 is 2.05 bits per heavy atom. The molecule has 0 radical (unpaired) electrons. The molecule has 0 saturated heterocycles. The van der Waals surface area contributed by atoms with Crippen molar-refractivity contribution < 1.29 is 0 Å². The Balaban J connectivity index is 2.25. The van der Waals surface area contributed by atoms with Gasteiger partial charge in [-0.15, -0.1) is 0 Å². The molecule has 0 unspecified atom stereocenters. The summed E-state index contributed by atoms with van der Waals surface area (Å²) in [5.74, 6) is 0.914. The van der Waals surface area contributed by atoms with Gasteiger partial charge in [-0.1, -0.05) is 20.3 Å². The van der Waals surface area contributed by atoms with E-state index in [2.05, 4.69) is 36.4 Å². The van der Waals surface area contributed by atoms with Gasteiger partial charge in [0.1, 0.15) is 0 Å². The standard InChI is InChI=1S/C16H24N4/c1-4-6-15-10-14(12-17-8-5-2)11-16(18-15)20-9-7-13(3)19-20/h7,9-11,17H,4-6,8,12H2,1-3H3. The second-order valence-electron chi connectivity index (χ2n) is 5.15. The highest BCUT2D eigenvalue weighted by Gasteiger charge is 2.05. The van der Waals surface area contributed by atoms with E-state index in [9.17, 15) is 0 Å². The van der Waals surface area contributed by atoms with Crippen molar-refractivity contribution in [2.75, 3.05) is 6.54 Å². The molecule has 0 aliphatic heterocycles. The lowest BCUT2D eigenvalue weighted by atomic mass is 10.1. The SMILES string of the molecule is CCCNCc1cc(CCC)nc(-n2ccc(C)n2)c1. The Kier molecular flexibility index (Phi) is 5.30. The average Bonchev–Trinajstić information content (AvgIpc) is 2.86. The molecular weight excluding hydrogens is 248 g/mol. The summed E-state index contributed by atoms with van der Waals surface area (Å²) in [6.45, 7) is 8.29. The number of aromatic nitrogens is 3. The first kappa shape index (κ1) is 14.7. The van der Waals surface area contributed by atoms with Crippen LogP contribution in [0.2, 0.25) is 0 Å². The van der Waals surface area contributed by atoms with E-state index in [-0.39, 0.29) is 0 Å². The fraction of sp³-hybridized carbons (Fsp3) is 0.500. The van der Waals surface area contributed by atoms with Crippen LogP contribution in [0.3, 0.4) is 0 Å². The van der Waals surface area contributed by atoms with E-state index >= 15 is 0 Å². The molecule has 2 rings (SSSR count). The summed E-state index contributed by atoms with van der Waals surface area (Å²) in [5, 5.41) is 7.90. The summed E-state index contributed by atoms with van der Waals surface area (Å²) in [5.41, 5.74) is 3.44. The molecule has 2 aromatic rings. The topological polar surface area (TPSA) is 42.7 Å². The van der Waals surface area contributed by atoms with Crippen LogP contribution in [0.1, 0.15) is 43.6 Å². The van der Waals surface area contributed by atoms with Crippen LogP contribution in [-0.2, 0) is 13.0 Å². The second-order valence-corrected chi connectivity index (χ2v) is 5.15. The van der Waals surface area contributed by atoms with Gasteiger partial charge in [0.2, 0.25) is 0 Å². The Morgan fingerprint density at radius 3 is 2.70 bits per heavy atom. The summed E-state index contributed by atoms with van der Waals surface area (Å²) in [6.07, 6.45) is 5.24. The van der Waals surface area contributed by atoms with Crippen molar-refractivity contribution in [1.82, 2.24) is 20.1 Å². The third-order valence-corrected chi connectivity index (χ3v) is 3.14. The van der Waals surface area contributed by atoms with Gasteiger partial charge >= 0.3 is 0 Å². The van der Waals surface area contributed by atoms with Gasteiger partial charge in [-0.05, 0) is 50.1 Å². The predicted molar refractivity (Wildman–Crippen MR) is 82.1 cm³/mol. The van der Waals surface area contributed by atoms with Crippen LogP contribution in [0.25, 0.3) is 5.82 Å². The monoisotopic (exact) mass is 272 g/mol. The summed E-state index contributed by atoms with van der Waals surface area (Å²) in [7, 11) is 0. The molecule has 4 heteroatoms. The minimum Gasteiger partial charge on any atom is -0.313 e. The first-order valence-electron chi connectivity index (χ1n) is 7.46. The number of aryl methyl sites for hydroxylation is 2. The largest absolute Gasteiger partial charge is 0.313 e. The van der Waals surface area contributed by atoms with Gasteiger partial charge in [0, 0.05) is 18.4 Å². The first-order valence-corrected chi connectivity index (χ1v) is 7.46. The third-order valence-electron chi connectivity index (χ3n) is 3.14. The molecule has 0 aliphatic rings. The fourth-order valence-corrected chi connectivity index (χ4v) is 2.19. The molecular formula is C16H24N4. The van der Waals surface area contributed by atoms with E-state index in [0.29, 0.717) is 0 Å². The number of hydrogen-bond donors (Lipinski definition) is 1. The van der Waals surface area contributed by atoms with Gasteiger partial charge in [-0.3, -0.25) is 0 Å². The van der Waals surface area contributed by atoms with Crippen LogP contribution in [0.15, 0.2) is 24.4 Å². The molecule has 0 atom stereocenters. The maximum Gasteiger partial charge on any atom is 0.153 e. The summed E-state index contributed by atoms with van der Waals surface area (Å²) < 4.78 is 1.86. The molecule has 0 amide bonds. The van der Waals surface area contributed by atoms with Crippen molar-refractivity contribution in [3.63, 3.8) is 0 Å². The molecule has 2 heterocycles. The molecule has 0 aliphatic carbocycles. The summed E-state index contributed by atoms with van der Waals surface area (Å²) in [4.78, 5) is 4.71. The number of rotatable bonds is 7. The highest BCUT2D eigenvalue weighted by Crippen LogP contribution is 2.12. The molecule has 0 saturated carbocycles. The van der Waals surface area contributed by atoms with Gasteiger partial charge in [0.05, 0.1) is 5.69 Å². The normalized spacial score (nSPS) is 10.9. The highest BCUT2D eigenvalue weighted by molar-refractivity contribution is 5.31. The van der Waals surface area contributed by atoms with E-state index in [0.717, 1.165) is 49.6 Å². The van der Waals surface area contributed by atoms with Gasteiger partial charge in [-0.25, -0.2) is 9.67 Å². The minimum atomic E-state index is 0.889. The molecule has 0 fully saturated rings. The summed E-state index contributed by atoms with van der Waals surface area (Å²) >= 11 is 0. The van der Waals surface area contributed by atoms with Crippen molar-refractivity contribution in [2.45, 2.75) is 46.6 Å². The molecule has 1 N–H and O–H groups in total. The van der Waals surface area contributed by atoms with Gasteiger partial charge < -0.3 is 5.32 Å². The quantitative estimate of drug-likeness (QED) is 0.788. The molecule has 0 spiro atoms. The first-order chi connectivity index (χ1) is 9.72. The Labute approximate surface area is 121 Å². The highest BCUT2D eigenvalue weighted by atomic mass is 15.3. The minimum absolute atomic E-state index is 0.889. The van der Waals surface area contributed by atoms with Crippen molar-refractivity contribution in [1.29, 1.82) is 0 Å². The average molecular weight is 272 g/mol. The van der Waals surface area contributed by atoms with E-state index in [4.69, 9.17) is 4.98 Å². The van der Waals surface area contributed by atoms with Crippen molar-refractivity contribution in [3.05, 3.63) is 41.3 Å². The number of hydrogen-bond acceptors (Lipinski definition) is 3. The zero-order valence-electron chi connectivity index (χ0n) is 12.7. The molecule has 0 aromatic carbocycles. The van der Waals surface area contributed by atoms with Crippen LogP contribution in [0, 0.1) is 6.92 Å². The molecule has 4 nitrogen and oxygen atoms in total. The molecule has 2 aromatic heterocycles. The van der Waals surface area contributed by atoms with Crippen molar-refractivity contribution in [2.24, 2.45) is 0 Å². The Bertz CT molecular complexity index is 545.